The summed E-state index contributed by atoms with van der Waals surface area (Å²) in [7, 11) is 1.13. The smallest absolute Gasteiger partial charge is 0.420 e. The Kier molecular flexibility index (Phi) is 5.56. The summed E-state index contributed by atoms with van der Waals surface area (Å²) in [5, 5.41) is 1.77. The lowest BCUT2D eigenvalue weighted by Gasteiger charge is -2.17. The number of carbonyl (C=O) groups excluding carboxylic acids is 2. The van der Waals surface area contributed by atoms with Crippen molar-refractivity contribution in [2.75, 3.05) is 13.7 Å². The number of amides is 2. The first-order valence-electron chi connectivity index (χ1n) is 7.05. The number of ether oxygens (including phenoxy) is 2. The van der Waals surface area contributed by atoms with Gasteiger partial charge in [-0.15, -0.1) is 0 Å². The van der Waals surface area contributed by atoms with Crippen LogP contribution in [0.15, 0.2) is 28.7 Å². The molecule has 0 radical (unpaired) electrons. The third kappa shape index (κ3) is 3.87. The number of halogens is 4. The van der Waals surface area contributed by atoms with Gasteiger partial charge in [-0.05, 0) is 51.8 Å². The van der Waals surface area contributed by atoms with Crippen molar-refractivity contribution in [1.29, 1.82) is 0 Å². The Balaban J connectivity index is 2.68. The third-order valence-electron chi connectivity index (χ3n) is 3.33. The van der Waals surface area contributed by atoms with E-state index in [1.165, 1.54) is 18.2 Å². The van der Waals surface area contributed by atoms with Gasteiger partial charge in [-0.2, -0.15) is 13.2 Å². The minimum absolute atomic E-state index is 0.0179. The number of carbonyl (C=O) groups is 2. The molecule has 25 heavy (non-hydrogen) atoms. The largest absolute Gasteiger partial charge is 0.496 e. The predicted molar refractivity (Wildman–Crippen MR) is 87.7 cm³/mol. The van der Waals surface area contributed by atoms with Crippen LogP contribution >= 0.6 is 15.9 Å². The summed E-state index contributed by atoms with van der Waals surface area (Å²) >= 11 is 3.13. The Morgan fingerprint density at radius 3 is 2.36 bits per heavy atom. The first-order chi connectivity index (χ1) is 11.7. The molecule has 1 N–H and O–H groups in total. The summed E-state index contributed by atoms with van der Waals surface area (Å²) in [5.74, 6) is -1.24. The topological polar surface area (TPSA) is 64.6 Å². The fourth-order valence-electron chi connectivity index (χ4n) is 2.37. The number of hydrogen-bond donors (Lipinski definition) is 1. The summed E-state index contributed by atoms with van der Waals surface area (Å²) in [6, 6.07) is 4.98. The molecule has 0 spiro atoms. The Morgan fingerprint density at radius 2 is 1.80 bits per heavy atom. The van der Waals surface area contributed by atoms with Crippen LogP contribution in [0.3, 0.4) is 0 Å². The van der Waals surface area contributed by atoms with E-state index >= 15 is 0 Å². The van der Waals surface area contributed by atoms with E-state index in [0.717, 1.165) is 13.2 Å². The van der Waals surface area contributed by atoms with E-state index in [2.05, 4.69) is 20.7 Å². The van der Waals surface area contributed by atoms with Gasteiger partial charge in [-0.3, -0.25) is 10.1 Å². The van der Waals surface area contributed by atoms with E-state index in [1.807, 2.05) is 5.32 Å². The summed E-state index contributed by atoms with van der Waals surface area (Å²) in [6.45, 7) is 1.60. The number of methoxy groups -OCH3 is 1. The highest BCUT2D eigenvalue weighted by molar-refractivity contribution is 9.10. The van der Waals surface area contributed by atoms with E-state index in [1.54, 1.807) is 6.92 Å². The SMILES string of the molecule is CCOC(=O)NC(=O)c1c(Br)ccc2c(C(F)(F)F)c(OC)ccc12. The van der Waals surface area contributed by atoms with Gasteiger partial charge in [0.1, 0.15) is 11.3 Å². The molecule has 0 unspecified atom stereocenters. The van der Waals surface area contributed by atoms with Gasteiger partial charge < -0.3 is 9.47 Å². The number of rotatable bonds is 3. The molecule has 9 heteroatoms. The second-order valence-corrected chi connectivity index (χ2v) is 5.69. The Hall–Kier alpha value is -2.29. The van der Waals surface area contributed by atoms with E-state index in [4.69, 9.17) is 4.74 Å². The van der Waals surface area contributed by atoms with Crippen molar-refractivity contribution < 1.29 is 32.2 Å². The zero-order valence-corrected chi connectivity index (χ0v) is 14.7. The molecule has 2 aromatic rings. The highest BCUT2D eigenvalue weighted by Crippen LogP contribution is 2.42. The van der Waals surface area contributed by atoms with Crippen molar-refractivity contribution >= 4 is 38.7 Å². The molecule has 134 valence electrons. The summed E-state index contributed by atoms with van der Waals surface area (Å²) in [4.78, 5) is 23.8. The molecular formula is C16H13BrF3NO4. The van der Waals surface area contributed by atoms with Gasteiger partial charge in [-0.25, -0.2) is 4.79 Å². The monoisotopic (exact) mass is 419 g/mol. The van der Waals surface area contributed by atoms with Gasteiger partial charge >= 0.3 is 12.3 Å². The molecule has 0 bridgehead atoms. The van der Waals surface area contributed by atoms with E-state index in [-0.39, 0.29) is 33.2 Å². The molecule has 2 rings (SSSR count). The number of nitrogens with one attached hydrogen (secondary N) is 1. The molecule has 0 aliphatic carbocycles. The van der Waals surface area contributed by atoms with Crippen LogP contribution in [0.2, 0.25) is 0 Å². The molecular weight excluding hydrogens is 407 g/mol. The lowest BCUT2D eigenvalue weighted by atomic mass is 9.98. The molecule has 2 aromatic carbocycles. The van der Waals surface area contributed by atoms with Crippen LogP contribution in [0.4, 0.5) is 18.0 Å². The zero-order valence-electron chi connectivity index (χ0n) is 13.2. The number of hydrogen-bond acceptors (Lipinski definition) is 4. The van der Waals surface area contributed by atoms with Crippen LogP contribution in [0.25, 0.3) is 10.8 Å². The lowest BCUT2D eigenvalue weighted by molar-refractivity contribution is -0.137. The standard InChI is InChI=1S/C16H13BrF3NO4/c1-3-25-15(23)21-14(22)12-8-5-7-11(24-2)13(16(18,19)20)9(8)4-6-10(12)17/h4-7H,3H2,1-2H3,(H,21,22,23). The molecule has 0 atom stereocenters. The second kappa shape index (κ2) is 7.30. The number of alkyl carbamates (subject to hydrolysis) is 1. The normalized spacial score (nSPS) is 11.3. The molecule has 0 heterocycles. The molecule has 0 saturated carbocycles. The third-order valence-corrected chi connectivity index (χ3v) is 3.99. The van der Waals surface area contributed by atoms with Crippen molar-refractivity contribution in [3.63, 3.8) is 0 Å². The fraction of sp³-hybridized carbons (Fsp3) is 0.250. The highest BCUT2D eigenvalue weighted by atomic mass is 79.9. The van der Waals surface area contributed by atoms with Crippen LogP contribution < -0.4 is 10.1 Å². The van der Waals surface area contributed by atoms with Crippen molar-refractivity contribution in [1.82, 2.24) is 5.32 Å². The van der Waals surface area contributed by atoms with E-state index < -0.39 is 23.7 Å². The van der Waals surface area contributed by atoms with Crippen molar-refractivity contribution in [2.24, 2.45) is 0 Å². The molecule has 0 aliphatic heterocycles. The summed E-state index contributed by atoms with van der Waals surface area (Å²) in [5.41, 5.74) is -1.11. The summed E-state index contributed by atoms with van der Waals surface area (Å²) in [6.07, 6.45) is -5.67. The van der Waals surface area contributed by atoms with Crippen molar-refractivity contribution in [3.8, 4) is 5.75 Å². The van der Waals surface area contributed by atoms with Crippen LogP contribution in [0.5, 0.6) is 5.75 Å². The van der Waals surface area contributed by atoms with Crippen LogP contribution in [-0.2, 0) is 10.9 Å². The van der Waals surface area contributed by atoms with Crippen LogP contribution in [-0.4, -0.2) is 25.7 Å². The number of alkyl halides is 3. The molecule has 2 amide bonds. The van der Waals surface area contributed by atoms with Crippen LogP contribution in [0.1, 0.15) is 22.8 Å². The minimum Gasteiger partial charge on any atom is -0.496 e. The Labute approximate surface area is 149 Å². The van der Waals surface area contributed by atoms with Crippen LogP contribution in [0, 0.1) is 0 Å². The van der Waals surface area contributed by atoms with Gasteiger partial charge in [0.05, 0.1) is 19.3 Å². The van der Waals surface area contributed by atoms with Gasteiger partial charge in [0.25, 0.3) is 5.91 Å². The average Bonchev–Trinajstić information content (AvgIpc) is 2.52. The Morgan fingerprint density at radius 1 is 1.16 bits per heavy atom. The quantitative estimate of drug-likeness (QED) is 0.794. The molecule has 0 aromatic heterocycles. The predicted octanol–water partition coefficient (Wildman–Crippen LogP) is 4.52. The van der Waals surface area contributed by atoms with Crippen molar-refractivity contribution in [3.05, 3.63) is 39.9 Å². The maximum atomic E-state index is 13.4. The van der Waals surface area contributed by atoms with E-state index in [9.17, 15) is 22.8 Å². The second-order valence-electron chi connectivity index (χ2n) is 4.83. The van der Waals surface area contributed by atoms with Gasteiger partial charge in [-0.1, -0.05) is 6.07 Å². The van der Waals surface area contributed by atoms with Gasteiger partial charge in [0, 0.05) is 4.47 Å². The molecule has 0 aliphatic rings. The first-order valence-corrected chi connectivity index (χ1v) is 7.84. The molecule has 0 fully saturated rings. The average molecular weight is 420 g/mol. The van der Waals surface area contributed by atoms with Gasteiger partial charge in [0.2, 0.25) is 0 Å². The zero-order chi connectivity index (χ0) is 18.8. The first kappa shape index (κ1) is 19.0. The maximum Gasteiger partial charge on any atom is 0.420 e. The van der Waals surface area contributed by atoms with E-state index in [0.29, 0.717) is 0 Å². The summed E-state index contributed by atoms with van der Waals surface area (Å²) < 4.78 is 50.0. The minimum atomic E-state index is -4.69. The van der Waals surface area contributed by atoms with Gasteiger partial charge in [0.15, 0.2) is 0 Å². The highest BCUT2D eigenvalue weighted by Gasteiger charge is 2.37. The number of benzene rings is 2. The lowest BCUT2D eigenvalue weighted by Crippen LogP contribution is -2.31. The van der Waals surface area contributed by atoms with Crippen molar-refractivity contribution in [2.45, 2.75) is 13.1 Å². The maximum absolute atomic E-state index is 13.4. The fourth-order valence-corrected chi connectivity index (χ4v) is 2.90. The number of fused-ring (bicyclic) bond motifs is 1. The Bertz CT molecular complexity index is 836. The molecule has 5 nitrogen and oxygen atoms in total. The molecule has 0 saturated heterocycles. The number of imide groups is 1.